The van der Waals surface area contributed by atoms with Crippen molar-refractivity contribution in [3.8, 4) is 0 Å². The first kappa shape index (κ1) is 15.5. The second-order valence-electron chi connectivity index (χ2n) is 5.57. The zero-order valence-corrected chi connectivity index (χ0v) is 12.7. The van der Waals surface area contributed by atoms with Crippen molar-refractivity contribution in [2.75, 3.05) is 26.3 Å². The van der Waals surface area contributed by atoms with E-state index >= 15 is 0 Å². The molecule has 2 atom stereocenters. The van der Waals surface area contributed by atoms with Gasteiger partial charge in [0.1, 0.15) is 0 Å². The lowest BCUT2D eigenvalue weighted by Gasteiger charge is -2.21. The molecule has 0 aromatic heterocycles. The van der Waals surface area contributed by atoms with Crippen LogP contribution in [-0.4, -0.2) is 32.4 Å². The van der Waals surface area contributed by atoms with E-state index in [2.05, 4.69) is 43.4 Å². The summed E-state index contributed by atoms with van der Waals surface area (Å²) in [6, 6.07) is 8.64. The molecule has 1 heterocycles. The van der Waals surface area contributed by atoms with Gasteiger partial charge in [0.05, 0.1) is 18.8 Å². The van der Waals surface area contributed by atoms with Crippen molar-refractivity contribution in [3.05, 3.63) is 35.4 Å². The molecular weight excluding hydrogens is 250 g/mol. The van der Waals surface area contributed by atoms with Gasteiger partial charge in [-0.15, -0.1) is 0 Å². The van der Waals surface area contributed by atoms with Crippen LogP contribution < -0.4 is 5.32 Å². The lowest BCUT2D eigenvalue weighted by Crippen LogP contribution is -2.26. The fraction of sp³-hybridized carbons (Fsp3) is 0.647. The molecule has 0 aliphatic carbocycles. The Morgan fingerprint density at radius 3 is 2.80 bits per heavy atom. The number of hydrogen-bond donors (Lipinski definition) is 1. The van der Waals surface area contributed by atoms with E-state index in [4.69, 9.17) is 9.47 Å². The Morgan fingerprint density at radius 2 is 2.15 bits per heavy atom. The van der Waals surface area contributed by atoms with E-state index in [0.29, 0.717) is 6.61 Å². The summed E-state index contributed by atoms with van der Waals surface area (Å²) in [6.45, 7) is 7.78. The molecule has 1 aromatic rings. The Bertz CT molecular complexity index is 371. The predicted octanol–water partition coefficient (Wildman–Crippen LogP) is 3.23. The molecule has 1 saturated heterocycles. The van der Waals surface area contributed by atoms with E-state index in [1.54, 1.807) is 0 Å². The van der Waals surface area contributed by atoms with Gasteiger partial charge in [-0.3, -0.25) is 0 Å². The van der Waals surface area contributed by atoms with Crippen molar-refractivity contribution in [1.29, 1.82) is 0 Å². The summed E-state index contributed by atoms with van der Waals surface area (Å²) in [4.78, 5) is 0. The molecule has 0 amide bonds. The molecule has 20 heavy (non-hydrogen) atoms. The van der Waals surface area contributed by atoms with Crippen LogP contribution in [-0.2, 0) is 9.47 Å². The Balaban J connectivity index is 1.90. The predicted molar refractivity (Wildman–Crippen MR) is 82.0 cm³/mol. The van der Waals surface area contributed by atoms with Gasteiger partial charge in [-0.05, 0) is 38.3 Å². The highest BCUT2D eigenvalue weighted by Crippen LogP contribution is 2.20. The molecule has 0 spiro atoms. The molecule has 1 aliphatic heterocycles. The highest BCUT2D eigenvalue weighted by molar-refractivity contribution is 5.23. The lowest BCUT2D eigenvalue weighted by molar-refractivity contribution is -0.0209. The van der Waals surface area contributed by atoms with Crippen LogP contribution in [0.4, 0.5) is 0 Å². The first-order valence-corrected chi connectivity index (χ1v) is 7.80. The smallest absolute Gasteiger partial charge is 0.0950 e. The van der Waals surface area contributed by atoms with Gasteiger partial charge in [0.25, 0.3) is 0 Å². The molecular formula is C17H27NO2. The molecule has 0 saturated carbocycles. The maximum atomic E-state index is 6.11. The van der Waals surface area contributed by atoms with Crippen molar-refractivity contribution < 1.29 is 9.47 Å². The van der Waals surface area contributed by atoms with Crippen LogP contribution in [0.2, 0.25) is 0 Å². The van der Waals surface area contributed by atoms with E-state index in [1.165, 1.54) is 11.1 Å². The SMILES string of the molecule is CCCNCC(OCC1CCCO1)c1ccc(C)cc1. The maximum absolute atomic E-state index is 6.11. The summed E-state index contributed by atoms with van der Waals surface area (Å²) >= 11 is 0. The normalized spacial score (nSPS) is 20.2. The zero-order chi connectivity index (χ0) is 14.2. The molecule has 1 aromatic carbocycles. The van der Waals surface area contributed by atoms with E-state index in [-0.39, 0.29) is 12.2 Å². The topological polar surface area (TPSA) is 30.5 Å². The molecule has 1 aliphatic rings. The van der Waals surface area contributed by atoms with Crippen LogP contribution >= 0.6 is 0 Å². The molecule has 2 rings (SSSR count). The highest BCUT2D eigenvalue weighted by Gasteiger charge is 2.19. The molecule has 112 valence electrons. The fourth-order valence-electron chi connectivity index (χ4n) is 2.46. The minimum atomic E-state index is 0.117. The zero-order valence-electron chi connectivity index (χ0n) is 12.7. The Labute approximate surface area is 122 Å². The first-order chi connectivity index (χ1) is 9.79. The van der Waals surface area contributed by atoms with Crippen molar-refractivity contribution in [2.45, 2.75) is 45.3 Å². The van der Waals surface area contributed by atoms with E-state index in [9.17, 15) is 0 Å². The van der Waals surface area contributed by atoms with Crippen LogP contribution in [0.1, 0.15) is 43.4 Å². The van der Waals surface area contributed by atoms with Gasteiger partial charge in [0, 0.05) is 13.2 Å². The summed E-state index contributed by atoms with van der Waals surface area (Å²) in [5, 5.41) is 3.46. The third-order valence-electron chi connectivity index (χ3n) is 3.71. The second kappa shape index (κ2) is 8.40. The molecule has 2 unspecified atom stereocenters. The number of benzene rings is 1. The molecule has 1 fully saturated rings. The Kier molecular flexibility index (Phi) is 6.51. The number of nitrogens with one attached hydrogen (secondary N) is 1. The molecule has 1 N–H and O–H groups in total. The van der Waals surface area contributed by atoms with Gasteiger partial charge in [-0.2, -0.15) is 0 Å². The summed E-state index contributed by atoms with van der Waals surface area (Å²) < 4.78 is 11.7. The van der Waals surface area contributed by atoms with Gasteiger partial charge >= 0.3 is 0 Å². The summed E-state index contributed by atoms with van der Waals surface area (Å²) in [5.41, 5.74) is 2.53. The molecule has 3 nitrogen and oxygen atoms in total. The number of rotatable bonds is 8. The average Bonchev–Trinajstić information content (AvgIpc) is 2.97. The van der Waals surface area contributed by atoms with E-state index < -0.39 is 0 Å². The van der Waals surface area contributed by atoms with Crippen molar-refractivity contribution >= 4 is 0 Å². The van der Waals surface area contributed by atoms with Crippen molar-refractivity contribution in [3.63, 3.8) is 0 Å². The Hall–Kier alpha value is -0.900. The molecule has 0 bridgehead atoms. The fourth-order valence-corrected chi connectivity index (χ4v) is 2.46. The van der Waals surface area contributed by atoms with Crippen LogP contribution in [0.3, 0.4) is 0 Å². The van der Waals surface area contributed by atoms with E-state index in [0.717, 1.165) is 39.0 Å². The van der Waals surface area contributed by atoms with Crippen molar-refractivity contribution in [1.82, 2.24) is 5.32 Å². The largest absolute Gasteiger partial charge is 0.376 e. The first-order valence-electron chi connectivity index (χ1n) is 7.80. The van der Waals surface area contributed by atoms with Crippen LogP contribution in [0.15, 0.2) is 24.3 Å². The molecule has 3 heteroatoms. The average molecular weight is 277 g/mol. The minimum Gasteiger partial charge on any atom is -0.376 e. The van der Waals surface area contributed by atoms with Gasteiger partial charge in [-0.25, -0.2) is 0 Å². The van der Waals surface area contributed by atoms with Gasteiger partial charge in [-0.1, -0.05) is 36.8 Å². The van der Waals surface area contributed by atoms with Crippen LogP contribution in [0.5, 0.6) is 0 Å². The second-order valence-corrected chi connectivity index (χ2v) is 5.57. The third kappa shape index (κ3) is 4.89. The summed E-state index contributed by atoms with van der Waals surface area (Å²) in [7, 11) is 0. The number of ether oxygens (including phenoxy) is 2. The van der Waals surface area contributed by atoms with E-state index in [1.807, 2.05) is 0 Å². The summed E-state index contributed by atoms with van der Waals surface area (Å²) in [5.74, 6) is 0. The summed E-state index contributed by atoms with van der Waals surface area (Å²) in [6.07, 6.45) is 3.84. The van der Waals surface area contributed by atoms with Crippen LogP contribution in [0, 0.1) is 6.92 Å². The third-order valence-corrected chi connectivity index (χ3v) is 3.71. The van der Waals surface area contributed by atoms with Crippen molar-refractivity contribution in [2.24, 2.45) is 0 Å². The van der Waals surface area contributed by atoms with Gasteiger partial charge < -0.3 is 14.8 Å². The minimum absolute atomic E-state index is 0.117. The highest BCUT2D eigenvalue weighted by atomic mass is 16.5. The quantitative estimate of drug-likeness (QED) is 0.740. The standard InChI is InChI=1S/C17H27NO2/c1-3-10-18-12-17(15-8-6-14(2)7-9-15)20-13-16-5-4-11-19-16/h6-9,16-18H,3-5,10-13H2,1-2H3. The maximum Gasteiger partial charge on any atom is 0.0950 e. The van der Waals surface area contributed by atoms with Gasteiger partial charge in [0.2, 0.25) is 0 Å². The number of hydrogen-bond acceptors (Lipinski definition) is 3. The lowest BCUT2D eigenvalue weighted by atomic mass is 10.1. The van der Waals surface area contributed by atoms with Gasteiger partial charge in [0.15, 0.2) is 0 Å². The molecule has 0 radical (unpaired) electrons. The van der Waals surface area contributed by atoms with Crippen LogP contribution in [0.25, 0.3) is 0 Å². The number of aryl methyl sites for hydroxylation is 1. The monoisotopic (exact) mass is 277 g/mol. The Morgan fingerprint density at radius 1 is 1.35 bits per heavy atom.